The summed E-state index contributed by atoms with van der Waals surface area (Å²) in [6.07, 6.45) is 6.16. The maximum absolute atomic E-state index is 12.0. The Morgan fingerprint density at radius 2 is 2.50 bits per heavy atom. The summed E-state index contributed by atoms with van der Waals surface area (Å²) in [6.45, 7) is 4.42. The number of carbonyl (C=O) groups excluding carboxylic acids is 1. The largest absolute Gasteiger partial charge is 0.491 e. The monoisotopic (exact) mass is 248 g/mol. The Morgan fingerprint density at radius 1 is 1.61 bits per heavy atom. The Balaban J connectivity index is 1.71. The van der Waals surface area contributed by atoms with Crippen LogP contribution in [0.25, 0.3) is 0 Å². The molecule has 0 aliphatic carbocycles. The average molecular weight is 248 g/mol. The number of pyridine rings is 1. The van der Waals surface area contributed by atoms with Crippen LogP contribution in [0.15, 0.2) is 24.5 Å². The smallest absolute Gasteiger partial charge is 0.226 e. The SMILES string of the molecule is CC1CCCN(C(=O)CCOc2cccnc2)C1. The lowest BCUT2D eigenvalue weighted by Crippen LogP contribution is -2.39. The molecule has 1 atom stereocenters. The molecule has 2 rings (SSSR count). The highest BCUT2D eigenvalue weighted by molar-refractivity contribution is 5.76. The fourth-order valence-corrected chi connectivity index (χ4v) is 2.26. The van der Waals surface area contributed by atoms with Crippen LogP contribution < -0.4 is 4.74 Å². The summed E-state index contributed by atoms with van der Waals surface area (Å²) in [4.78, 5) is 17.9. The third kappa shape index (κ3) is 3.72. The number of hydrogen-bond donors (Lipinski definition) is 0. The van der Waals surface area contributed by atoms with Crippen LogP contribution in [0.5, 0.6) is 5.75 Å². The zero-order valence-corrected chi connectivity index (χ0v) is 10.8. The fourth-order valence-electron chi connectivity index (χ4n) is 2.26. The van der Waals surface area contributed by atoms with Gasteiger partial charge in [-0.3, -0.25) is 9.78 Å². The summed E-state index contributed by atoms with van der Waals surface area (Å²) in [5.74, 6) is 1.55. The van der Waals surface area contributed by atoms with Crippen molar-refractivity contribution >= 4 is 5.91 Å². The van der Waals surface area contributed by atoms with Crippen molar-refractivity contribution in [1.82, 2.24) is 9.88 Å². The summed E-state index contributed by atoms with van der Waals surface area (Å²) in [7, 11) is 0. The van der Waals surface area contributed by atoms with Crippen molar-refractivity contribution in [3.8, 4) is 5.75 Å². The van der Waals surface area contributed by atoms with Gasteiger partial charge in [0.2, 0.25) is 5.91 Å². The average Bonchev–Trinajstić information content (AvgIpc) is 2.40. The van der Waals surface area contributed by atoms with Gasteiger partial charge in [-0.2, -0.15) is 0 Å². The number of carbonyl (C=O) groups is 1. The van der Waals surface area contributed by atoms with E-state index in [0.29, 0.717) is 18.9 Å². The van der Waals surface area contributed by atoms with Crippen LogP contribution in [-0.4, -0.2) is 35.5 Å². The van der Waals surface area contributed by atoms with E-state index in [-0.39, 0.29) is 5.91 Å². The Hall–Kier alpha value is -1.58. The van der Waals surface area contributed by atoms with Gasteiger partial charge in [0.1, 0.15) is 5.75 Å². The molecule has 1 saturated heterocycles. The van der Waals surface area contributed by atoms with Crippen molar-refractivity contribution in [3.63, 3.8) is 0 Å². The van der Waals surface area contributed by atoms with Gasteiger partial charge in [0.25, 0.3) is 0 Å². The molecule has 1 aliphatic rings. The van der Waals surface area contributed by atoms with Crippen LogP contribution in [0.1, 0.15) is 26.2 Å². The molecule has 1 fully saturated rings. The van der Waals surface area contributed by atoms with Gasteiger partial charge in [0.15, 0.2) is 0 Å². The van der Waals surface area contributed by atoms with Crippen LogP contribution in [-0.2, 0) is 4.79 Å². The highest BCUT2D eigenvalue weighted by Crippen LogP contribution is 2.16. The molecule has 1 amide bonds. The van der Waals surface area contributed by atoms with Crippen LogP contribution in [0.2, 0.25) is 0 Å². The quantitative estimate of drug-likeness (QED) is 0.819. The summed E-state index contributed by atoms with van der Waals surface area (Å²) < 4.78 is 5.48. The first-order valence-electron chi connectivity index (χ1n) is 6.56. The third-order valence-electron chi connectivity index (χ3n) is 3.23. The minimum Gasteiger partial charge on any atom is -0.491 e. The van der Waals surface area contributed by atoms with Gasteiger partial charge in [-0.1, -0.05) is 6.92 Å². The predicted octanol–water partition coefficient (Wildman–Crippen LogP) is 2.11. The molecule has 4 nitrogen and oxygen atoms in total. The molecule has 98 valence electrons. The summed E-state index contributed by atoms with van der Waals surface area (Å²) in [6, 6.07) is 3.67. The van der Waals surface area contributed by atoms with E-state index >= 15 is 0 Å². The number of hydrogen-bond acceptors (Lipinski definition) is 3. The minimum atomic E-state index is 0.199. The van der Waals surface area contributed by atoms with Gasteiger partial charge in [-0.15, -0.1) is 0 Å². The Kier molecular flexibility index (Phi) is 4.56. The van der Waals surface area contributed by atoms with Gasteiger partial charge in [0.05, 0.1) is 19.2 Å². The molecule has 1 unspecified atom stereocenters. The number of amides is 1. The number of likely N-dealkylation sites (tertiary alicyclic amines) is 1. The molecule has 0 bridgehead atoms. The van der Waals surface area contributed by atoms with Crippen molar-refractivity contribution < 1.29 is 9.53 Å². The molecule has 4 heteroatoms. The number of aromatic nitrogens is 1. The zero-order chi connectivity index (χ0) is 12.8. The van der Waals surface area contributed by atoms with Gasteiger partial charge < -0.3 is 9.64 Å². The van der Waals surface area contributed by atoms with E-state index in [1.54, 1.807) is 12.4 Å². The Labute approximate surface area is 108 Å². The number of rotatable bonds is 4. The summed E-state index contributed by atoms with van der Waals surface area (Å²) in [5, 5.41) is 0. The standard InChI is InChI=1S/C14H20N2O2/c1-12-4-3-8-16(11-12)14(17)6-9-18-13-5-2-7-15-10-13/h2,5,7,10,12H,3-4,6,8-9,11H2,1H3. The van der Waals surface area contributed by atoms with Crippen molar-refractivity contribution in [3.05, 3.63) is 24.5 Å². The predicted molar refractivity (Wildman–Crippen MR) is 69.3 cm³/mol. The number of ether oxygens (including phenoxy) is 1. The second-order valence-corrected chi connectivity index (χ2v) is 4.87. The van der Waals surface area contributed by atoms with Crippen molar-refractivity contribution in [2.24, 2.45) is 5.92 Å². The van der Waals surface area contributed by atoms with Crippen LogP contribution in [0.4, 0.5) is 0 Å². The van der Waals surface area contributed by atoms with Crippen LogP contribution in [0, 0.1) is 5.92 Å². The first-order chi connectivity index (χ1) is 8.75. The third-order valence-corrected chi connectivity index (χ3v) is 3.23. The van der Waals surface area contributed by atoms with Crippen LogP contribution in [0.3, 0.4) is 0 Å². The maximum Gasteiger partial charge on any atom is 0.226 e. The molecule has 1 aromatic rings. The van der Waals surface area contributed by atoms with Crippen LogP contribution >= 0.6 is 0 Å². The lowest BCUT2D eigenvalue weighted by Gasteiger charge is -2.31. The van der Waals surface area contributed by atoms with E-state index in [9.17, 15) is 4.79 Å². The molecule has 2 heterocycles. The molecule has 0 saturated carbocycles. The van der Waals surface area contributed by atoms with E-state index < -0.39 is 0 Å². The minimum absolute atomic E-state index is 0.199. The first-order valence-corrected chi connectivity index (χ1v) is 6.56. The zero-order valence-electron chi connectivity index (χ0n) is 10.8. The van der Waals surface area contributed by atoms with E-state index in [1.165, 1.54) is 6.42 Å². The number of nitrogens with zero attached hydrogens (tertiary/aromatic N) is 2. The number of piperidine rings is 1. The fraction of sp³-hybridized carbons (Fsp3) is 0.571. The molecule has 0 aromatic carbocycles. The van der Waals surface area contributed by atoms with Gasteiger partial charge in [0, 0.05) is 19.3 Å². The van der Waals surface area contributed by atoms with E-state index in [2.05, 4.69) is 11.9 Å². The summed E-state index contributed by atoms with van der Waals surface area (Å²) >= 11 is 0. The maximum atomic E-state index is 12.0. The van der Waals surface area contributed by atoms with Gasteiger partial charge in [-0.05, 0) is 30.9 Å². The molecule has 1 aromatic heterocycles. The van der Waals surface area contributed by atoms with E-state index in [4.69, 9.17) is 4.74 Å². The molecule has 18 heavy (non-hydrogen) atoms. The normalized spacial score (nSPS) is 19.6. The van der Waals surface area contributed by atoms with E-state index in [0.717, 1.165) is 25.3 Å². The Morgan fingerprint density at radius 3 is 3.22 bits per heavy atom. The van der Waals surface area contributed by atoms with Gasteiger partial charge >= 0.3 is 0 Å². The van der Waals surface area contributed by atoms with Gasteiger partial charge in [-0.25, -0.2) is 0 Å². The van der Waals surface area contributed by atoms with Crippen molar-refractivity contribution in [2.45, 2.75) is 26.2 Å². The highest BCUT2D eigenvalue weighted by atomic mass is 16.5. The molecule has 0 N–H and O–H groups in total. The summed E-state index contributed by atoms with van der Waals surface area (Å²) in [5.41, 5.74) is 0. The molecule has 1 aliphatic heterocycles. The first kappa shape index (κ1) is 12.9. The molecule has 0 radical (unpaired) electrons. The van der Waals surface area contributed by atoms with Crippen molar-refractivity contribution in [1.29, 1.82) is 0 Å². The second kappa shape index (κ2) is 6.38. The Bertz CT molecular complexity index is 381. The highest BCUT2D eigenvalue weighted by Gasteiger charge is 2.20. The lowest BCUT2D eigenvalue weighted by atomic mass is 10.0. The topological polar surface area (TPSA) is 42.4 Å². The molecular formula is C14H20N2O2. The molecular weight excluding hydrogens is 228 g/mol. The van der Waals surface area contributed by atoms with Crippen molar-refractivity contribution in [2.75, 3.05) is 19.7 Å². The lowest BCUT2D eigenvalue weighted by molar-refractivity contribution is -0.133. The van der Waals surface area contributed by atoms with E-state index in [1.807, 2.05) is 17.0 Å². The molecule has 0 spiro atoms. The second-order valence-electron chi connectivity index (χ2n) is 4.87.